The fourth-order valence-corrected chi connectivity index (χ4v) is 1.89. The van der Waals surface area contributed by atoms with Crippen molar-refractivity contribution in [3.63, 3.8) is 0 Å². The lowest BCUT2D eigenvalue weighted by molar-refractivity contribution is 0.0602. The number of hydrogen-bond donors (Lipinski definition) is 1. The van der Waals surface area contributed by atoms with E-state index in [9.17, 15) is 9.90 Å². The molecule has 3 aromatic rings. The summed E-state index contributed by atoms with van der Waals surface area (Å²) < 4.78 is 10.2. The monoisotopic (exact) mass is 270 g/mol. The molecule has 20 heavy (non-hydrogen) atoms. The number of nitrogens with zero attached hydrogens (tertiary/aromatic N) is 2. The van der Waals surface area contributed by atoms with Crippen LogP contribution in [0, 0.1) is 0 Å². The third-order valence-electron chi connectivity index (χ3n) is 2.81. The van der Waals surface area contributed by atoms with Gasteiger partial charge in [-0.3, -0.25) is 0 Å². The van der Waals surface area contributed by atoms with E-state index < -0.39 is 5.97 Å². The number of para-hydroxylation sites is 1. The van der Waals surface area contributed by atoms with Gasteiger partial charge in [0.25, 0.3) is 0 Å². The molecule has 0 bridgehead atoms. The molecule has 6 heteroatoms. The molecule has 0 aliphatic rings. The van der Waals surface area contributed by atoms with Crippen LogP contribution in [0.2, 0.25) is 0 Å². The highest BCUT2D eigenvalue weighted by molar-refractivity contribution is 6.01. The van der Waals surface area contributed by atoms with E-state index in [1.807, 2.05) is 0 Å². The summed E-state index contributed by atoms with van der Waals surface area (Å²) in [6.07, 6.45) is 1.52. The quantitative estimate of drug-likeness (QED) is 0.719. The number of hydrogen-bond acceptors (Lipinski definition) is 6. The molecule has 0 aliphatic heterocycles. The van der Waals surface area contributed by atoms with Gasteiger partial charge in [0.2, 0.25) is 5.89 Å². The number of ether oxygens (including phenoxy) is 1. The summed E-state index contributed by atoms with van der Waals surface area (Å²) >= 11 is 0. The number of fused-ring (bicyclic) bond motifs is 1. The number of benzene rings is 1. The molecule has 0 unspecified atom stereocenters. The van der Waals surface area contributed by atoms with Gasteiger partial charge in [0.15, 0.2) is 11.3 Å². The van der Waals surface area contributed by atoms with Gasteiger partial charge < -0.3 is 14.3 Å². The third kappa shape index (κ3) is 1.87. The number of aromatic nitrogens is 2. The number of esters is 1. The SMILES string of the molecule is COC(=O)c1cccc2oc(-c3ncccc3O)nc12. The first-order valence-electron chi connectivity index (χ1n) is 5.83. The first-order chi connectivity index (χ1) is 9.70. The molecule has 0 saturated carbocycles. The zero-order chi connectivity index (χ0) is 14.1. The van der Waals surface area contributed by atoms with E-state index in [0.29, 0.717) is 16.7 Å². The summed E-state index contributed by atoms with van der Waals surface area (Å²) in [6.45, 7) is 0. The summed E-state index contributed by atoms with van der Waals surface area (Å²) in [5.74, 6) is -0.395. The Morgan fingerprint density at radius 1 is 1.30 bits per heavy atom. The minimum absolute atomic E-state index is 0.0429. The molecule has 0 amide bonds. The van der Waals surface area contributed by atoms with Crippen molar-refractivity contribution in [1.82, 2.24) is 9.97 Å². The van der Waals surface area contributed by atoms with E-state index in [4.69, 9.17) is 9.15 Å². The van der Waals surface area contributed by atoms with Crippen molar-refractivity contribution < 1.29 is 19.1 Å². The number of oxazole rings is 1. The second kappa shape index (κ2) is 4.65. The van der Waals surface area contributed by atoms with Crippen LogP contribution in [-0.4, -0.2) is 28.2 Å². The highest BCUT2D eigenvalue weighted by Gasteiger charge is 2.18. The predicted molar refractivity (Wildman–Crippen MR) is 70.2 cm³/mol. The summed E-state index contributed by atoms with van der Waals surface area (Å²) in [4.78, 5) is 19.9. The van der Waals surface area contributed by atoms with Gasteiger partial charge >= 0.3 is 5.97 Å². The van der Waals surface area contributed by atoms with E-state index in [1.54, 1.807) is 24.3 Å². The molecule has 1 aromatic carbocycles. The number of carbonyl (C=O) groups excluding carboxylic acids is 1. The van der Waals surface area contributed by atoms with Gasteiger partial charge in [-0.2, -0.15) is 0 Å². The predicted octanol–water partition coefficient (Wildman–Crippen LogP) is 2.38. The van der Waals surface area contributed by atoms with Crippen LogP contribution < -0.4 is 0 Å². The van der Waals surface area contributed by atoms with Crippen molar-refractivity contribution in [3.05, 3.63) is 42.1 Å². The minimum atomic E-state index is -0.499. The Balaban J connectivity index is 2.21. The maximum Gasteiger partial charge on any atom is 0.340 e. The molecule has 0 saturated heterocycles. The smallest absolute Gasteiger partial charge is 0.340 e. The van der Waals surface area contributed by atoms with Gasteiger partial charge in [0, 0.05) is 6.20 Å². The number of methoxy groups -OCH3 is 1. The average molecular weight is 270 g/mol. The van der Waals surface area contributed by atoms with Crippen molar-refractivity contribution in [3.8, 4) is 17.3 Å². The van der Waals surface area contributed by atoms with Crippen molar-refractivity contribution in [2.24, 2.45) is 0 Å². The normalized spacial score (nSPS) is 10.7. The zero-order valence-electron chi connectivity index (χ0n) is 10.5. The van der Waals surface area contributed by atoms with E-state index >= 15 is 0 Å². The van der Waals surface area contributed by atoms with Gasteiger partial charge in [-0.05, 0) is 24.3 Å². The first-order valence-corrected chi connectivity index (χ1v) is 5.83. The summed E-state index contributed by atoms with van der Waals surface area (Å²) in [6, 6.07) is 8.03. The molecule has 2 aromatic heterocycles. The van der Waals surface area contributed by atoms with Crippen LogP contribution in [0.25, 0.3) is 22.7 Å². The lowest BCUT2D eigenvalue weighted by Gasteiger charge is -1.97. The lowest BCUT2D eigenvalue weighted by atomic mass is 10.2. The molecule has 0 radical (unpaired) electrons. The standard InChI is InChI=1S/C14H10N2O4/c1-19-14(18)8-4-2-6-10-11(8)16-13(20-10)12-9(17)5-3-7-15-12/h2-7,17H,1H3. The van der Waals surface area contributed by atoms with Crippen LogP contribution in [0.4, 0.5) is 0 Å². The number of pyridine rings is 1. The van der Waals surface area contributed by atoms with E-state index in [-0.39, 0.29) is 17.3 Å². The topological polar surface area (TPSA) is 85.5 Å². The van der Waals surface area contributed by atoms with Crippen molar-refractivity contribution in [2.45, 2.75) is 0 Å². The Labute approximate surface area is 113 Å². The van der Waals surface area contributed by atoms with Crippen molar-refractivity contribution in [2.75, 3.05) is 7.11 Å². The lowest BCUT2D eigenvalue weighted by Crippen LogP contribution is -2.01. The van der Waals surface area contributed by atoms with Crippen LogP contribution in [-0.2, 0) is 4.74 Å². The van der Waals surface area contributed by atoms with Crippen LogP contribution in [0.1, 0.15) is 10.4 Å². The maximum absolute atomic E-state index is 11.7. The van der Waals surface area contributed by atoms with Crippen LogP contribution in [0.3, 0.4) is 0 Å². The summed E-state index contributed by atoms with van der Waals surface area (Å²) in [7, 11) is 1.30. The van der Waals surface area contributed by atoms with E-state index in [0.717, 1.165) is 0 Å². The summed E-state index contributed by atoms with van der Waals surface area (Å²) in [5.41, 5.74) is 1.32. The molecule has 2 heterocycles. The molecule has 0 spiro atoms. The molecule has 0 atom stereocenters. The Hall–Kier alpha value is -2.89. The molecular formula is C14H10N2O4. The average Bonchev–Trinajstić information content (AvgIpc) is 2.90. The molecular weight excluding hydrogens is 260 g/mol. The number of carbonyl (C=O) groups is 1. The van der Waals surface area contributed by atoms with Gasteiger partial charge in [-0.25, -0.2) is 14.8 Å². The van der Waals surface area contributed by atoms with Crippen LogP contribution in [0.15, 0.2) is 40.9 Å². The first kappa shape index (κ1) is 12.2. The number of rotatable bonds is 2. The molecule has 3 rings (SSSR count). The molecule has 1 N–H and O–H groups in total. The highest BCUT2D eigenvalue weighted by atomic mass is 16.5. The van der Waals surface area contributed by atoms with Gasteiger partial charge in [0.1, 0.15) is 11.3 Å². The van der Waals surface area contributed by atoms with Gasteiger partial charge in [-0.1, -0.05) is 6.07 Å². The van der Waals surface area contributed by atoms with Gasteiger partial charge in [0.05, 0.1) is 12.7 Å². The second-order valence-corrected chi connectivity index (χ2v) is 4.03. The molecule has 6 nitrogen and oxygen atoms in total. The number of aromatic hydroxyl groups is 1. The Morgan fingerprint density at radius 2 is 2.15 bits per heavy atom. The Bertz CT molecular complexity index is 795. The second-order valence-electron chi connectivity index (χ2n) is 4.03. The zero-order valence-corrected chi connectivity index (χ0v) is 10.5. The molecule has 0 aliphatic carbocycles. The largest absolute Gasteiger partial charge is 0.505 e. The summed E-state index contributed by atoms with van der Waals surface area (Å²) in [5, 5.41) is 9.76. The van der Waals surface area contributed by atoms with Crippen LogP contribution in [0.5, 0.6) is 5.75 Å². The molecule has 0 fully saturated rings. The highest BCUT2D eigenvalue weighted by Crippen LogP contribution is 2.30. The fraction of sp³-hybridized carbons (Fsp3) is 0.0714. The maximum atomic E-state index is 11.7. The van der Waals surface area contributed by atoms with E-state index in [1.165, 1.54) is 19.4 Å². The minimum Gasteiger partial charge on any atom is -0.505 e. The van der Waals surface area contributed by atoms with Crippen molar-refractivity contribution >= 4 is 17.1 Å². The van der Waals surface area contributed by atoms with Gasteiger partial charge in [-0.15, -0.1) is 0 Å². The van der Waals surface area contributed by atoms with Crippen LogP contribution >= 0.6 is 0 Å². The van der Waals surface area contributed by atoms with E-state index in [2.05, 4.69) is 9.97 Å². The Kier molecular flexibility index (Phi) is 2.83. The molecule has 100 valence electrons. The fourth-order valence-electron chi connectivity index (χ4n) is 1.89. The third-order valence-corrected chi connectivity index (χ3v) is 2.81. The Morgan fingerprint density at radius 3 is 2.90 bits per heavy atom. The van der Waals surface area contributed by atoms with Crippen molar-refractivity contribution in [1.29, 1.82) is 0 Å².